The van der Waals surface area contributed by atoms with E-state index in [1.165, 1.54) is 0 Å². The van der Waals surface area contributed by atoms with E-state index in [0.29, 0.717) is 44.5 Å². The van der Waals surface area contributed by atoms with E-state index in [1.807, 2.05) is 32.9 Å². The highest BCUT2D eigenvalue weighted by atomic mass is 28.3. The molecule has 3 amide bonds. The average Bonchev–Trinajstić information content (AvgIpc) is 3.63. The highest BCUT2D eigenvalue weighted by molar-refractivity contribution is 6.88. The maximum atomic E-state index is 14.9. The Bertz CT molecular complexity index is 2490. The normalized spacial score (nSPS) is 23.5. The van der Waals surface area contributed by atoms with E-state index in [-0.39, 0.29) is 69.5 Å². The molecule has 0 spiro atoms. The summed E-state index contributed by atoms with van der Waals surface area (Å²) in [7, 11) is 0.781. The topological polar surface area (TPSA) is 162 Å². The van der Waals surface area contributed by atoms with Crippen LogP contribution in [0.25, 0.3) is 33.3 Å². The molecule has 0 saturated carbocycles. The number of aryl methyl sites for hydroxylation is 1. The molecule has 3 N–H and O–H groups in total. The number of cyclic esters (lactones) is 1. The van der Waals surface area contributed by atoms with Crippen molar-refractivity contribution in [2.45, 2.75) is 104 Å². The maximum absolute atomic E-state index is 14.9. The average molecular weight is 948 g/mol. The maximum Gasteiger partial charge on any atom is 0.307 e. The van der Waals surface area contributed by atoms with Crippen LogP contribution >= 0.6 is 0 Å². The minimum atomic E-state index is -2.49. The molecule has 2 aromatic heterocycles. The van der Waals surface area contributed by atoms with Gasteiger partial charge in [0.2, 0.25) is 17.3 Å². The van der Waals surface area contributed by atoms with Crippen LogP contribution in [0.15, 0.2) is 54.7 Å². The Hall–Kier alpha value is -4.92. The van der Waals surface area contributed by atoms with Gasteiger partial charge in [0.1, 0.15) is 17.8 Å². The fourth-order valence-corrected chi connectivity index (χ4v) is 13.6. The van der Waals surface area contributed by atoms with Crippen LogP contribution in [0.3, 0.4) is 0 Å². The van der Waals surface area contributed by atoms with Crippen molar-refractivity contribution < 1.29 is 33.8 Å². The number of pyridine rings is 1. The molecule has 5 aliphatic rings. The van der Waals surface area contributed by atoms with E-state index in [0.717, 1.165) is 77.1 Å². The summed E-state index contributed by atoms with van der Waals surface area (Å²) < 4.78 is 14.3. The second-order valence-corrected chi connectivity index (χ2v) is 23.0. The van der Waals surface area contributed by atoms with Gasteiger partial charge in [-0.2, -0.15) is 0 Å². The van der Waals surface area contributed by atoms with E-state index < -0.39 is 26.0 Å². The van der Waals surface area contributed by atoms with Crippen LogP contribution in [-0.4, -0.2) is 148 Å². The molecule has 4 saturated heterocycles. The number of nitrogens with one attached hydrogen (secondary N) is 2. The fourth-order valence-electron chi connectivity index (χ4n) is 10.5. The molecular formula is C50H67N8O7Si2. The van der Waals surface area contributed by atoms with Crippen molar-refractivity contribution in [3.63, 3.8) is 0 Å². The number of hydrazine groups is 1. The van der Waals surface area contributed by atoms with Crippen molar-refractivity contribution in [1.29, 1.82) is 0 Å². The lowest BCUT2D eigenvalue weighted by Gasteiger charge is -2.40. The Morgan fingerprint density at radius 1 is 1.06 bits per heavy atom. The highest BCUT2D eigenvalue weighted by Gasteiger charge is 2.42. The van der Waals surface area contributed by atoms with Gasteiger partial charge < -0.3 is 29.0 Å². The molecule has 5 aliphatic heterocycles. The summed E-state index contributed by atoms with van der Waals surface area (Å²) in [6.45, 7) is 17.6. The Morgan fingerprint density at radius 2 is 1.87 bits per heavy atom. The first-order chi connectivity index (χ1) is 32.1. The lowest BCUT2D eigenvalue weighted by atomic mass is 9.84. The molecule has 4 aromatic rings. The summed E-state index contributed by atoms with van der Waals surface area (Å²) in [6, 6.07) is 14.8. The molecule has 2 aromatic carbocycles. The predicted octanol–water partition coefficient (Wildman–Crippen LogP) is 5.70. The number of aromatic hydroxyl groups is 1. The predicted molar refractivity (Wildman–Crippen MR) is 261 cm³/mol. The van der Waals surface area contributed by atoms with Crippen molar-refractivity contribution in [3.8, 4) is 28.1 Å². The van der Waals surface area contributed by atoms with Gasteiger partial charge in [-0.15, -0.1) is 0 Å². The molecule has 0 aliphatic carbocycles. The van der Waals surface area contributed by atoms with Gasteiger partial charge in [-0.25, -0.2) is 0 Å². The molecule has 3 radical (unpaired) electrons. The van der Waals surface area contributed by atoms with Gasteiger partial charge in [0.25, 0.3) is 8.96 Å². The number of likely N-dealkylation sites (N-methyl/N-ethyl adjacent to an activating group) is 1. The lowest BCUT2D eigenvalue weighted by molar-refractivity contribution is -0.146. The smallest absolute Gasteiger partial charge is 0.307 e. The Morgan fingerprint density at radius 3 is 2.63 bits per heavy atom. The zero-order valence-electron chi connectivity index (χ0n) is 40.4. The molecular weight excluding hydrogens is 881 g/mol. The number of ether oxygens (including phenoxy) is 2. The summed E-state index contributed by atoms with van der Waals surface area (Å²) in [4.78, 5) is 71.9. The molecule has 7 heterocycles. The van der Waals surface area contributed by atoms with Crippen LogP contribution in [0, 0.1) is 11.3 Å². The van der Waals surface area contributed by atoms with Gasteiger partial charge in [0.15, 0.2) is 9.68 Å². The number of hydrogen-bond acceptors (Lipinski definition) is 11. The number of esters is 1. The molecule has 67 heavy (non-hydrogen) atoms. The highest BCUT2D eigenvalue weighted by Crippen LogP contribution is 2.42. The minimum absolute atomic E-state index is 0.0436. The molecule has 357 valence electrons. The van der Waals surface area contributed by atoms with Crippen molar-refractivity contribution >= 4 is 52.9 Å². The fraction of sp³-hybridized carbons (Fsp3) is 0.540. The number of aromatic nitrogens is 2. The van der Waals surface area contributed by atoms with Gasteiger partial charge in [0, 0.05) is 81.5 Å². The van der Waals surface area contributed by atoms with Gasteiger partial charge >= 0.3 is 5.97 Å². The minimum Gasteiger partial charge on any atom is -0.508 e. The number of benzene rings is 2. The third-order valence-corrected chi connectivity index (χ3v) is 17.4. The zero-order valence-corrected chi connectivity index (χ0v) is 42.4. The quantitative estimate of drug-likeness (QED) is 0.140. The first-order valence-electron chi connectivity index (χ1n) is 23.9. The molecule has 17 heteroatoms. The Balaban J connectivity index is 1.20. The number of methoxy groups -OCH3 is 1. The number of rotatable bonds is 9. The molecule has 3 unspecified atom stereocenters. The number of nitrogens with zero attached hydrogens (tertiary/aromatic N) is 6. The van der Waals surface area contributed by atoms with E-state index in [2.05, 4.69) is 69.5 Å². The third-order valence-electron chi connectivity index (χ3n) is 14.0. The summed E-state index contributed by atoms with van der Waals surface area (Å²) >= 11 is 0. The number of hydrogen-bond donors (Lipinski definition) is 3. The number of phenolic OH excluding ortho intramolecular Hbond substituents is 1. The molecule has 15 nitrogen and oxygen atoms in total. The molecule has 6 atom stereocenters. The SMILES string of the molecule is CCn1c(-c2cccnc2[C@H](C)OC)c2c3cc(ccc31)-c1cc(O)cc(c1)C[Si](NC(=O)[C@H](C(C)C)N(C)C(=O)C1CN3CCCN1CC3)C(=O)N1CCC[C@H]([Si]N1)C(=O)OCC(C)(C)C2. The third kappa shape index (κ3) is 10.3. The van der Waals surface area contributed by atoms with Crippen molar-refractivity contribution in [1.82, 2.24) is 39.3 Å². The van der Waals surface area contributed by atoms with Crippen LogP contribution in [-0.2, 0) is 42.9 Å². The Labute approximate surface area is 399 Å². The molecule has 8 bridgehead atoms. The lowest BCUT2D eigenvalue weighted by Crippen LogP contribution is -2.63. The van der Waals surface area contributed by atoms with Crippen LogP contribution in [0.1, 0.15) is 83.7 Å². The van der Waals surface area contributed by atoms with E-state index in [1.54, 1.807) is 42.4 Å². The van der Waals surface area contributed by atoms with Crippen LogP contribution in [0.2, 0.25) is 5.54 Å². The van der Waals surface area contributed by atoms with Crippen molar-refractivity contribution in [3.05, 3.63) is 71.5 Å². The second-order valence-electron chi connectivity index (χ2n) is 19.9. The van der Waals surface area contributed by atoms with Gasteiger partial charge in [0.05, 0.1) is 29.6 Å². The monoisotopic (exact) mass is 947 g/mol. The largest absolute Gasteiger partial charge is 0.508 e. The number of fused-ring (bicyclic) bond motifs is 11. The summed E-state index contributed by atoms with van der Waals surface area (Å²) in [6.07, 6.45) is 4.20. The number of amides is 3. The first kappa shape index (κ1) is 48.5. The van der Waals surface area contributed by atoms with Crippen molar-refractivity contribution in [2.75, 3.05) is 60.0 Å². The Kier molecular flexibility index (Phi) is 14.7. The van der Waals surface area contributed by atoms with E-state index >= 15 is 0 Å². The number of carbonyl (C=O) groups excluding carboxylic acids is 4. The van der Waals surface area contributed by atoms with Crippen LogP contribution in [0.5, 0.6) is 5.75 Å². The molecule has 9 rings (SSSR count). The first-order valence-corrected chi connectivity index (χ1v) is 26.7. The standard InChI is InChI=1S/C50H67N8O7Si2/c1-9-57-40-16-15-34-26-38(40)39(45(57)37-13-10-17-51-43(37)32(4)64-8)27-50(5,6)30-65-48(62)42-14-11-20-58(53-66-42)49(63)67(29-33-23-35(34)25-36(59)24-33)52-46(60)44(31(2)3)54(7)47(61)41-28-55-18-12-19-56(41)22-21-55/h10,13,15-17,23-26,31-32,41-42,44,53,59H,9,11-12,14,18-22,27-30H2,1-8H3,(H,52,60)/t32-,41?,42-,44-/m0/s1. The summed E-state index contributed by atoms with van der Waals surface area (Å²) in [5.74, 6) is -0.979. The summed E-state index contributed by atoms with van der Waals surface area (Å²) in [5.41, 5.74) is 6.07. The van der Waals surface area contributed by atoms with Gasteiger partial charge in [-0.05, 0) is 117 Å². The number of carbonyl (C=O) groups is 4. The molecule has 4 fully saturated rings. The number of phenols is 1. The van der Waals surface area contributed by atoms with Crippen molar-refractivity contribution in [2.24, 2.45) is 11.3 Å². The number of piperazine rings is 1. The van der Waals surface area contributed by atoms with Crippen LogP contribution < -0.4 is 10.1 Å². The summed E-state index contributed by atoms with van der Waals surface area (Å²) in [5, 5.41) is 17.3. The van der Waals surface area contributed by atoms with Gasteiger partial charge in [-0.1, -0.05) is 39.8 Å². The zero-order chi connectivity index (χ0) is 47.7. The van der Waals surface area contributed by atoms with E-state index in [4.69, 9.17) is 14.5 Å². The second kappa shape index (κ2) is 20.4. The van der Waals surface area contributed by atoms with Crippen LogP contribution in [0.4, 0.5) is 4.79 Å². The van der Waals surface area contributed by atoms with E-state index in [9.17, 15) is 24.3 Å². The van der Waals surface area contributed by atoms with Gasteiger partial charge in [-0.3, -0.25) is 44.1 Å².